The molecule has 0 aliphatic rings. The van der Waals surface area contributed by atoms with Gasteiger partial charge in [0, 0.05) is 22.5 Å². The second-order valence-electron chi connectivity index (χ2n) is 5.64. The SMILES string of the molecule is N=C(c1ccccc1)c1cc(NSc2cccc3nonc23)ccc1N. The summed E-state index contributed by atoms with van der Waals surface area (Å²) in [5.41, 5.74) is 10.8. The molecule has 0 atom stereocenters. The maximum atomic E-state index is 8.45. The van der Waals surface area contributed by atoms with Gasteiger partial charge in [0.15, 0.2) is 5.52 Å². The molecule has 0 aliphatic heterocycles. The van der Waals surface area contributed by atoms with Crippen LogP contribution in [0, 0.1) is 5.41 Å². The Kier molecular flexibility index (Phi) is 4.28. The monoisotopic (exact) mass is 361 g/mol. The van der Waals surface area contributed by atoms with Crippen LogP contribution in [0.4, 0.5) is 11.4 Å². The summed E-state index contributed by atoms with van der Waals surface area (Å²) in [6.07, 6.45) is 0. The van der Waals surface area contributed by atoms with E-state index in [2.05, 4.69) is 15.0 Å². The van der Waals surface area contributed by atoms with Crippen LogP contribution in [0.1, 0.15) is 11.1 Å². The molecule has 6 nitrogen and oxygen atoms in total. The third-order valence-corrected chi connectivity index (χ3v) is 4.80. The standard InChI is InChI=1S/C19H15N5OS/c20-15-10-9-13(11-14(15)18(21)12-5-2-1-3-6-12)24-26-17-8-4-7-16-19(17)23-25-22-16/h1-11,21,24H,20H2. The minimum absolute atomic E-state index is 0.388. The normalized spacial score (nSPS) is 10.8. The van der Waals surface area contributed by atoms with Crippen LogP contribution in [0.5, 0.6) is 0 Å². The van der Waals surface area contributed by atoms with Gasteiger partial charge in [-0.05, 0) is 52.6 Å². The lowest BCUT2D eigenvalue weighted by molar-refractivity contribution is 0.315. The average molecular weight is 361 g/mol. The van der Waals surface area contributed by atoms with E-state index in [1.807, 2.05) is 60.7 Å². The summed E-state index contributed by atoms with van der Waals surface area (Å²) in [5, 5.41) is 16.2. The Balaban J connectivity index is 1.58. The molecular formula is C19H15N5OS. The van der Waals surface area contributed by atoms with E-state index < -0.39 is 0 Å². The molecule has 0 amide bonds. The number of rotatable bonds is 5. The third-order valence-electron chi connectivity index (χ3n) is 3.91. The highest BCUT2D eigenvalue weighted by Crippen LogP contribution is 2.29. The number of aromatic nitrogens is 2. The Morgan fingerprint density at radius 3 is 2.69 bits per heavy atom. The van der Waals surface area contributed by atoms with Crippen LogP contribution < -0.4 is 10.5 Å². The van der Waals surface area contributed by atoms with E-state index in [9.17, 15) is 0 Å². The quantitative estimate of drug-likeness (QED) is 0.278. The van der Waals surface area contributed by atoms with Crippen molar-refractivity contribution in [2.45, 2.75) is 4.90 Å². The summed E-state index contributed by atoms with van der Waals surface area (Å²) < 4.78 is 8.06. The van der Waals surface area contributed by atoms with Crippen molar-refractivity contribution < 1.29 is 4.63 Å². The van der Waals surface area contributed by atoms with Gasteiger partial charge in [-0.15, -0.1) is 0 Å². The number of nitrogen functional groups attached to an aromatic ring is 1. The van der Waals surface area contributed by atoms with E-state index in [1.165, 1.54) is 11.9 Å². The minimum Gasteiger partial charge on any atom is -0.398 e. The summed E-state index contributed by atoms with van der Waals surface area (Å²) in [6, 6.07) is 20.8. The molecule has 4 N–H and O–H groups in total. The van der Waals surface area contributed by atoms with E-state index in [0.29, 0.717) is 28.0 Å². The predicted octanol–water partition coefficient (Wildman–Crippen LogP) is 4.34. The van der Waals surface area contributed by atoms with Gasteiger partial charge >= 0.3 is 0 Å². The van der Waals surface area contributed by atoms with Gasteiger partial charge < -0.3 is 10.5 Å². The third kappa shape index (κ3) is 3.12. The molecule has 0 unspecified atom stereocenters. The number of fused-ring (bicyclic) bond motifs is 1. The molecule has 1 aromatic heterocycles. The fourth-order valence-electron chi connectivity index (χ4n) is 2.57. The van der Waals surface area contributed by atoms with Gasteiger partial charge in [-0.2, -0.15) is 0 Å². The Labute approximate surface area is 154 Å². The van der Waals surface area contributed by atoms with Crippen molar-refractivity contribution in [3.05, 3.63) is 77.9 Å². The summed E-state index contributed by atoms with van der Waals surface area (Å²) in [4.78, 5) is 0.903. The van der Waals surface area contributed by atoms with Crippen LogP contribution in [0.15, 0.2) is 76.3 Å². The first-order valence-electron chi connectivity index (χ1n) is 7.90. The fourth-order valence-corrected chi connectivity index (χ4v) is 3.31. The molecule has 0 saturated carbocycles. The van der Waals surface area contributed by atoms with E-state index in [-0.39, 0.29) is 0 Å². The predicted molar refractivity (Wildman–Crippen MR) is 105 cm³/mol. The first-order valence-corrected chi connectivity index (χ1v) is 8.72. The molecular weight excluding hydrogens is 346 g/mol. The maximum absolute atomic E-state index is 8.45. The van der Waals surface area contributed by atoms with Crippen molar-refractivity contribution in [1.82, 2.24) is 10.3 Å². The largest absolute Gasteiger partial charge is 0.398 e. The molecule has 0 fully saturated rings. The van der Waals surface area contributed by atoms with Crippen LogP contribution in [0.2, 0.25) is 0 Å². The van der Waals surface area contributed by atoms with Crippen molar-refractivity contribution >= 4 is 40.1 Å². The van der Waals surface area contributed by atoms with Crippen LogP contribution in [-0.4, -0.2) is 16.0 Å². The summed E-state index contributed by atoms with van der Waals surface area (Å²) >= 11 is 1.41. The van der Waals surface area contributed by atoms with E-state index >= 15 is 0 Å². The minimum atomic E-state index is 0.388. The summed E-state index contributed by atoms with van der Waals surface area (Å²) in [5.74, 6) is 0. The van der Waals surface area contributed by atoms with Crippen molar-refractivity contribution in [1.29, 1.82) is 5.41 Å². The highest BCUT2D eigenvalue weighted by Gasteiger charge is 2.11. The lowest BCUT2D eigenvalue weighted by Gasteiger charge is -2.11. The summed E-state index contributed by atoms with van der Waals surface area (Å²) in [6.45, 7) is 0. The Morgan fingerprint density at radius 2 is 1.85 bits per heavy atom. The zero-order valence-electron chi connectivity index (χ0n) is 13.6. The van der Waals surface area contributed by atoms with Gasteiger partial charge in [0.25, 0.3) is 0 Å². The first kappa shape index (κ1) is 16.2. The topological polar surface area (TPSA) is 101 Å². The van der Waals surface area contributed by atoms with Gasteiger partial charge in [0.1, 0.15) is 5.52 Å². The molecule has 0 saturated heterocycles. The van der Waals surface area contributed by atoms with Crippen LogP contribution in [0.25, 0.3) is 11.0 Å². The Hall–Kier alpha value is -3.32. The Morgan fingerprint density at radius 1 is 1.00 bits per heavy atom. The molecule has 26 heavy (non-hydrogen) atoms. The van der Waals surface area contributed by atoms with Crippen LogP contribution in [0.3, 0.4) is 0 Å². The van der Waals surface area contributed by atoms with Gasteiger partial charge in [-0.3, -0.25) is 5.41 Å². The highest BCUT2D eigenvalue weighted by atomic mass is 32.2. The second-order valence-corrected chi connectivity index (χ2v) is 6.48. The molecule has 1 heterocycles. The number of hydrogen-bond donors (Lipinski definition) is 3. The zero-order chi connectivity index (χ0) is 17.9. The maximum Gasteiger partial charge on any atom is 0.150 e. The van der Waals surface area contributed by atoms with Gasteiger partial charge in [-0.25, -0.2) is 4.63 Å². The molecule has 128 valence electrons. The molecule has 7 heteroatoms. The molecule has 0 spiro atoms. The van der Waals surface area contributed by atoms with E-state index in [1.54, 1.807) is 6.07 Å². The molecule has 0 aliphatic carbocycles. The molecule has 4 aromatic rings. The first-order chi connectivity index (χ1) is 12.7. The van der Waals surface area contributed by atoms with Crippen molar-refractivity contribution in [2.24, 2.45) is 0 Å². The van der Waals surface area contributed by atoms with Crippen LogP contribution in [-0.2, 0) is 0 Å². The zero-order valence-corrected chi connectivity index (χ0v) is 14.5. The number of benzene rings is 3. The molecule has 4 rings (SSSR count). The van der Waals surface area contributed by atoms with Crippen molar-refractivity contribution in [3.63, 3.8) is 0 Å². The van der Waals surface area contributed by atoms with Gasteiger partial charge in [0.05, 0.1) is 10.6 Å². The average Bonchev–Trinajstić information content (AvgIpc) is 3.17. The lowest BCUT2D eigenvalue weighted by Crippen LogP contribution is -2.06. The lowest BCUT2D eigenvalue weighted by atomic mass is 10.0. The van der Waals surface area contributed by atoms with E-state index in [4.69, 9.17) is 15.8 Å². The number of nitrogens with two attached hydrogens (primary N) is 1. The molecule has 3 aromatic carbocycles. The number of nitrogens with one attached hydrogen (secondary N) is 2. The van der Waals surface area contributed by atoms with Crippen LogP contribution >= 0.6 is 11.9 Å². The van der Waals surface area contributed by atoms with Gasteiger partial charge in [0.2, 0.25) is 0 Å². The van der Waals surface area contributed by atoms with Crippen molar-refractivity contribution in [2.75, 3.05) is 10.5 Å². The summed E-state index contributed by atoms with van der Waals surface area (Å²) in [7, 11) is 0. The second kappa shape index (κ2) is 6.89. The highest BCUT2D eigenvalue weighted by molar-refractivity contribution is 8.00. The Bertz CT molecular complexity index is 1080. The molecule has 0 radical (unpaired) electrons. The smallest absolute Gasteiger partial charge is 0.150 e. The number of anilines is 2. The number of hydrogen-bond acceptors (Lipinski definition) is 7. The molecule has 0 bridgehead atoms. The fraction of sp³-hybridized carbons (Fsp3) is 0. The van der Waals surface area contributed by atoms with Crippen molar-refractivity contribution in [3.8, 4) is 0 Å². The van der Waals surface area contributed by atoms with E-state index in [0.717, 1.165) is 16.1 Å². The number of nitrogens with zero attached hydrogens (tertiary/aromatic N) is 2. The van der Waals surface area contributed by atoms with Gasteiger partial charge in [-0.1, -0.05) is 36.4 Å².